The number of rotatable bonds is 7. The summed E-state index contributed by atoms with van der Waals surface area (Å²) in [4.78, 5) is 39.3. The Balaban J connectivity index is 1.62. The Labute approximate surface area is 199 Å². The number of carbonyl (C=O) groups excluding carboxylic acids is 3. The Bertz CT molecular complexity index is 1130. The van der Waals surface area contributed by atoms with Gasteiger partial charge in [-0.15, -0.1) is 0 Å². The van der Waals surface area contributed by atoms with Crippen LogP contribution in [0.4, 0.5) is 16.2 Å². The summed E-state index contributed by atoms with van der Waals surface area (Å²) < 4.78 is 5.50. The molecule has 7 heteroatoms. The first-order valence-corrected chi connectivity index (χ1v) is 11.0. The average molecular weight is 460 g/mol. The first kappa shape index (κ1) is 24.5. The van der Waals surface area contributed by atoms with Crippen molar-refractivity contribution in [3.8, 4) is 5.75 Å². The van der Waals surface area contributed by atoms with Gasteiger partial charge in [0.05, 0.1) is 0 Å². The number of esters is 1. The van der Waals surface area contributed by atoms with Gasteiger partial charge in [0, 0.05) is 24.0 Å². The van der Waals surface area contributed by atoms with Crippen LogP contribution in [-0.2, 0) is 4.79 Å². The standard InChI is InChI=1S/C27H29N3O4/c1-18(2)24(29-27(33)28-21-8-6-5-7-9-21)26(32)34-23-16-14-22(15-17-23)30(4)25(31)20-12-10-19(3)11-13-20/h5-18,24H,1-4H3,(H2,28,29,33). The molecule has 3 rings (SSSR count). The fourth-order valence-corrected chi connectivity index (χ4v) is 3.25. The van der Waals surface area contributed by atoms with Crippen molar-refractivity contribution in [3.63, 3.8) is 0 Å². The van der Waals surface area contributed by atoms with Crippen molar-refractivity contribution < 1.29 is 19.1 Å². The minimum atomic E-state index is -0.839. The Kier molecular flexibility index (Phi) is 8.03. The van der Waals surface area contributed by atoms with Gasteiger partial charge in [-0.3, -0.25) is 4.79 Å². The highest BCUT2D eigenvalue weighted by molar-refractivity contribution is 6.05. The Hall–Kier alpha value is -4.13. The summed E-state index contributed by atoms with van der Waals surface area (Å²) >= 11 is 0. The van der Waals surface area contributed by atoms with E-state index in [0.29, 0.717) is 22.7 Å². The van der Waals surface area contributed by atoms with E-state index in [0.717, 1.165) is 5.56 Å². The van der Waals surface area contributed by atoms with E-state index in [9.17, 15) is 14.4 Å². The normalized spacial score (nSPS) is 11.4. The quantitative estimate of drug-likeness (QED) is 0.383. The SMILES string of the molecule is Cc1ccc(C(=O)N(C)c2ccc(OC(=O)C(NC(=O)Nc3ccccc3)C(C)C)cc2)cc1. The van der Waals surface area contributed by atoms with E-state index in [2.05, 4.69) is 10.6 Å². The molecule has 0 aliphatic carbocycles. The van der Waals surface area contributed by atoms with Crippen LogP contribution in [0.3, 0.4) is 0 Å². The van der Waals surface area contributed by atoms with Crippen molar-refractivity contribution in [2.24, 2.45) is 5.92 Å². The number of para-hydroxylation sites is 1. The summed E-state index contributed by atoms with van der Waals surface area (Å²) in [5.74, 6) is -0.583. The Morgan fingerprint density at radius 1 is 0.853 bits per heavy atom. The molecule has 0 aliphatic heterocycles. The van der Waals surface area contributed by atoms with Gasteiger partial charge < -0.3 is 20.3 Å². The van der Waals surface area contributed by atoms with Crippen molar-refractivity contribution in [3.05, 3.63) is 90.0 Å². The minimum Gasteiger partial charge on any atom is -0.425 e. The molecular weight excluding hydrogens is 430 g/mol. The van der Waals surface area contributed by atoms with Crippen LogP contribution in [0.25, 0.3) is 0 Å². The molecule has 0 saturated heterocycles. The molecule has 0 saturated carbocycles. The number of amides is 3. The van der Waals surface area contributed by atoms with E-state index in [-0.39, 0.29) is 11.8 Å². The maximum atomic E-state index is 12.8. The maximum absolute atomic E-state index is 12.8. The summed E-state index contributed by atoms with van der Waals surface area (Å²) in [7, 11) is 1.69. The van der Waals surface area contributed by atoms with Gasteiger partial charge >= 0.3 is 12.0 Å². The van der Waals surface area contributed by atoms with Gasteiger partial charge in [-0.2, -0.15) is 0 Å². The van der Waals surface area contributed by atoms with E-state index >= 15 is 0 Å². The molecule has 3 aromatic carbocycles. The largest absolute Gasteiger partial charge is 0.425 e. The third kappa shape index (κ3) is 6.45. The highest BCUT2D eigenvalue weighted by atomic mass is 16.5. The van der Waals surface area contributed by atoms with Gasteiger partial charge in [-0.05, 0) is 61.4 Å². The molecule has 34 heavy (non-hydrogen) atoms. The number of ether oxygens (including phenoxy) is 1. The molecule has 0 aromatic heterocycles. The first-order valence-electron chi connectivity index (χ1n) is 11.0. The minimum absolute atomic E-state index is 0.141. The number of benzene rings is 3. The molecule has 2 N–H and O–H groups in total. The van der Waals surface area contributed by atoms with Crippen LogP contribution in [0.5, 0.6) is 5.75 Å². The van der Waals surface area contributed by atoms with Crippen molar-refractivity contribution in [2.45, 2.75) is 26.8 Å². The molecule has 1 unspecified atom stereocenters. The third-order valence-corrected chi connectivity index (χ3v) is 5.28. The van der Waals surface area contributed by atoms with Crippen LogP contribution in [0.1, 0.15) is 29.8 Å². The molecule has 1 atom stereocenters. The van der Waals surface area contributed by atoms with Gasteiger partial charge in [-0.1, -0.05) is 49.7 Å². The predicted octanol–water partition coefficient (Wildman–Crippen LogP) is 5.02. The Morgan fingerprint density at radius 2 is 1.47 bits per heavy atom. The fraction of sp³-hybridized carbons (Fsp3) is 0.222. The topological polar surface area (TPSA) is 87.7 Å². The van der Waals surface area contributed by atoms with Crippen LogP contribution in [-0.4, -0.2) is 31.0 Å². The van der Waals surface area contributed by atoms with Crippen molar-refractivity contribution in [2.75, 3.05) is 17.3 Å². The zero-order valence-electron chi connectivity index (χ0n) is 19.7. The molecule has 7 nitrogen and oxygen atoms in total. The van der Waals surface area contributed by atoms with E-state index < -0.39 is 18.0 Å². The maximum Gasteiger partial charge on any atom is 0.334 e. The van der Waals surface area contributed by atoms with Gasteiger partial charge in [0.1, 0.15) is 11.8 Å². The second-order valence-electron chi connectivity index (χ2n) is 8.33. The van der Waals surface area contributed by atoms with E-state index in [1.165, 1.54) is 4.90 Å². The van der Waals surface area contributed by atoms with Crippen LogP contribution in [0, 0.1) is 12.8 Å². The van der Waals surface area contributed by atoms with Gasteiger partial charge in [0.25, 0.3) is 5.91 Å². The van der Waals surface area contributed by atoms with Crippen molar-refractivity contribution in [1.82, 2.24) is 5.32 Å². The molecule has 0 spiro atoms. The average Bonchev–Trinajstić information content (AvgIpc) is 2.83. The first-order chi connectivity index (χ1) is 16.2. The van der Waals surface area contributed by atoms with Gasteiger partial charge in [0.2, 0.25) is 0 Å². The Morgan fingerprint density at radius 3 is 2.06 bits per heavy atom. The van der Waals surface area contributed by atoms with Crippen LogP contribution in [0.15, 0.2) is 78.9 Å². The van der Waals surface area contributed by atoms with Crippen LogP contribution in [0.2, 0.25) is 0 Å². The molecule has 0 fully saturated rings. The highest BCUT2D eigenvalue weighted by Crippen LogP contribution is 2.21. The number of anilines is 2. The monoisotopic (exact) mass is 459 g/mol. The van der Waals surface area contributed by atoms with Crippen molar-refractivity contribution >= 4 is 29.3 Å². The number of hydrogen-bond donors (Lipinski definition) is 2. The van der Waals surface area contributed by atoms with Crippen LogP contribution < -0.4 is 20.3 Å². The summed E-state index contributed by atoms with van der Waals surface area (Å²) in [6, 6.07) is 21.6. The van der Waals surface area contributed by atoms with Gasteiger partial charge in [-0.25, -0.2) is 9.59 Å². The van der Waals surface area contributed by atoms with Crippen molar-refractivity contribution in [1.29, 1.82) is 0 Å². The zero-order chi connectivity index (χ0) is 24.7. The summed E-state index contributed by atoms with van der Waals surface area (Å²) in [5, 5.41) is 5.37. The zero-order valence-corrected chi connectivity index (χ0v) is 19.7. The number of hydrogen-bond acceptors (Lipinski definition) is 4. The molecule has 0 radical (unpaired) electrons. The summed E-state index contributed by atoms with van der Waals surface area (Å²) in [6.45, 7) is 5.61. The van der Waals surface area contributed by atoms with E-state index in [1.807, 2.05) is 39.0 Å². The lowest BCUT2D eigenvalue weighted by atomic mass is 10.1. The molecule has 0 aliphatic rings. The second kappa shape index (κ2) is 11.1. The molecule has 3 aromatic rings. The van der Waals surface area contributed by atoms with E-state index in [4.69, 9.17) is 4.74 Å². The lowest BCUT2D eigenvalue weighted by Gasteiger charge is -2.21. The summed E-state index contributed by atoms with van der Waals surface area (Å²) in [6.07, 6.45) is 0. The predicted molar refractivity (Wildman–Crippen MR) is 133 cm³/mol. The third-order valence-electron chi connectivity index (χ3n) is 5.28. The van der Waals surface area contributed by atoms with Crippen LogP contribution >= 0.6 is 0 Å². The lowest BCUT2D eigenvalue weighted by molar-refractivity contribution is -0.137. The highest BCUT2D eigenvalue weighted by Gasteiger charge is 2.26. The molecular formula is C27H29N3O4. The molecule has 3 amide bonds. The van der Waals surface area contributed by atoms with E-state index in [1.54, 1.807) is 67.7 Å². The number of nitrogens with zero attached hydrogens (tertiary/aromatic N) is 1. The number of nitrogens with one attached hydrogen (secondary N) is 2. The number of carbonyl (C=O) groups is 3. The fourth-order valence-electron chi connectivity index (χ4n) is 3.25. The molecule has 0 heterocycles. The van der Waals surface area contributed by atoms with Gasteiger partial charge in [0.15, 0.2) is 0 Å². The summed E-state index contributed by atoms with van der Waals surface area (Å²) in [5.41, 5.74) is 2.95. The lowest BCUT2D eigenvalue weighted by Crippen LogP contribution is -2.48. The second-order valence-corrected chi connectivity index (χ2v) is 8.33. The molecule has 0 bridgehead atoms. The smallest absolute Gasteiger partial charge is 0.334 e. The molecule has 176 valence electrons. The number of urea groups is 1. The number of aryl methyl sites for hydroxylation is 1.